The molecule has 0 saturated heterocycles. The van der Waals surface area contributed by atoms with Gasteiger partial charge in [-0.1, -0.05) is 34.6 Å². The lowest BCUT2D eigenvalue weighted by Crippen LogP contribution is -2.21. The highest BCUT2D eigenvalue weighted by Crippen LogP contribution is 2.24. The van der Waals surface area contributed by atoms with Gasteiger partial charge in [-0.2, -0.15) is 0 Å². The van der Waals surface area contributed by atoms with Crippen LogP contribution in [-0.4, -0.2) is 22.1 Å². The molecule has 0 saturated carbocycles. The number of rotatable bonds is 5. The first kappa shape index (κ1) is 15.5. The van der Waals surface area contributed by atoms with Crippen LogP contribution in [0.25, 0.3) is 0 Å². The second kappa shape index (κ2) is 6.04. The molecule has 0 amide bonds. The largest absolute Gasteiger partial charge is 0.478 e. The number of pyridine rings is 1. The van der Waals surface area contributed by atoms with Crippen molar-refractivity contribution >= 4 is 11.8 Å². The number of aromatic nitrogens is 1. The second-order valence-electron chi connectivity index (χ2n) is 5.84. The van der Waals surface area contributed by atoms with Crippen molar-refractivity contribution in [2.45, 2.75) is 58.9 Å². The van der Waals surface area contributed by atoms with Crippen LogP contribution in [0.4, 0.5) is 5.82 Å². The highest BCUT2D eigenvalue weighted by atomic mass is 16.4. The molecular formula is C15H24N2O2. The van der Waals surface area contributed by atoms with Gasteiger partial charge in [-0.25, -0.2) is 9.78 Å². The zero-order valence-electron chi connectivity index (χ0n) is 12.4. The molecule has 0 fully saturated rings. The summed E-state index contributed by atoms with van der Waals surface area (Å²) >= 11 is 0. The molecule has 0 unspecified atom stereocenters. The fraction of sp³-hybridized carbons (Fsp3) is 0.600. The SMILES string of the molecule is CCC(CC)Nc1cc(C(=O)O)cc(C(C)(C)C)n1. The predicted molar refractivity (Wildman–Crippen MR) is 77.9 cm³/mol. The van der Waals surface area contributed by atoms with Gasteiger partial charge >= 0.3 is 5.97 Å². The van der Waals surface area contributed by atoms with E-state index in [0.717, 1.165) is 18.5 Å². The fourth-order valence-electron chi connectivity index (χ4n) is 1.81. The summed E-state index contributed by atoms with van der Waals surface area (Å²) < 4.78 is 0. The molecular weight excluding hydrogens is 240 g/mol. The monoisotopic (exact) mass is 264 g/mol. The summed E-state index contributed by atoms with van der Waals surface area (Å²) in [6, 6.07) is 3.58. The van der Waals surface area contributed by atoms with E-state index >= 15 is 0 Å². The Morgan fingerprint density at radius 2 is 1.89 bits per heavy atom. The molecule has 1 aromatic rings. The van der Waals surface area contributed by atoms with E-state index in [1.807, 2.05) is 20.8 Å². The van der Waals surface area contributed by atoms with Crippen LogP contribution >= 0.6 is 0 Å². The average molecular weight is 264 g/mol. The van der Waals surface area contributed by atoms with Crippen molar-refractivity contribution in [2.75, 3.05) is 5.32 Å². The van der Waals surface area contributed by atoms with E-state index in [0.29, 0.717) is 11.9 Å². The molecule has 4 heteroatoms. The Balaban J connectivity index is 3.17. The molecule has 0 spiro atoms. The standard InChI is InChI=1S/C15H24N2O2/c1-6-11(7-2)16-13-9-10(14(18)19)8-12(17-13)15(3,4)5/h8-9,11H,6-7H2,1-5H3,(H,16,17)(H,18,19). The first-order valence-electron chi connectivity index (χ1n) is 6.80. The van der Waals surface area contributed by atoms with Crippen LogP contribution in [0.1, 0.15) is 63.5 Å². The molecule has 106 valence electrons. The minimum Gasteiger partial charge on any atom is -0.478 e. The van der Waals surface area contributed by atoms with E-state index < -0.39 is 5.97 Å². The Kier molecular flexibility index (Phi) is 4.92. The Hall–Kier alpha value is -1.58. The number of aromatic carboxylic acids is 1. The minimum atomic E-state index is -0.916. The van der Waals surface area contributed by atoms with Crippen LogP contribution in [0.15, 0.2) is 12.1 Å². The van der Waals surface area contributed by atoms with Crippen LogP contribution < -0.4 is 5.32 Å². The normalized spacial score (nSPS) is 11.7. The molecule has 1 aromatic heterocycles. The number of nitrogens with zero attached hydrogens (tertiary/aromatic N) is 1. The smallest absolute Gasteiger partial charge is 0.335 e. The third kappa shape index (κ3) is 4.23. The summed E-state index contributed by atoms with van der Waals surface area (Å²) in [5.74, 6) is -0.265. The van der Waals surface area contributed by atoms with Crippen molar-refractivity contribution in [3.8, 4) is 0 Å². The number of carboxylic acids is 1. The number of hydrogen-bond donors (Lipinski definition) is 2. The molecule has 4 nitrogen and oxygen atoms in total. The first-order chi connectivity index (χ1) is 8.77. The molecule has 1 rings (SSSR count). The molecule has 0 aliphatic heterocycles. The maximum atomic E-state index is 11.2. The second-order valence-corrected chi connectivity index (χ2v) is 5.84. The van der Waals surface area contributed by atoms with Gasteiger partial charge in [0.2, 0.25) is 0 Å². The Bertz CT molecular complexity index is 446. The van der Waals surface area contributed by atoms with Crippen molar-refractivity contribution in [1.29, 1.82) is 0 Å². The van der Waals surface area contributed by atoms with E-state index in [2.05, 4.69) is 24.1 Å². The summed E-state index contributed by atoms with van der Waals surface area (Å²) in [7, 11) is 0. The molecule has 0 aromatic carbocycles. The van der Waals surface area contributed by atoms with Crippen molar-refractivity contribution in [3.05, 3.63) is 23.4 Å². The molecule has 0 aliphatic carbocycles. The summed E-state index contributed by atoms with van der Waals surface area (Å²) in [4.78, 5) is 15.7. The Morgan fingerprint density at radius 1 is 1.32 bits per heavy atom. The van der Waals surface area contributed by atoms with E-state index in [4.69, 9.17) is 0 Å². The maximum absolute atomic E-state index is 11.2. The Labute approximate surface area is 115 Å². The van der Waals surface area contributed by atoms with Gasteiger partial charge < -0.3 is 10.4 Å². The summed E-state index contributed by atoms with van der Waals surface area (Å²) in [5, 5.41) is 12.5. The van der Waals surface area contributed by atoms with Gasteiger partial charge in [0.25, 0.3) is 0 Å². The number of nitrogens with one attached hydrogen (secondary N) is 1. The first-order valence-corrected chi connectivity index (χ1v) is 6.80. The van der Waals surface area contributed by atoms with Crippen molar-refractivity contribution in [1.82, 2.24) is 4.98 Å². The van der Waals surface area contributed by atoms with Crippen LogP contribution in [-0.2, 0) is 5.41 Å². The Morgan fingerprint density at radius 3 is 2.32 bits per heavy atom. The minimum absolute atomic E-state index is 0.171. The highest BCUT2D eigenvalue weighted by Gasteiger charge is 2.19. The van der Waals surface area contributed by atoms with E-state index in [-0.39, 0.29) is 11.0 Å². The molecule has 19 heavy (non-hydrogen) atoms. The van der Waals surface area contributed by atoms with Crippen LogP contribution in [0.3, 0.4) is 0 Å². The summed E-state index contributed by atoms with van der Waals surface area (Å²) in [5.41, 5.74) is 0.907. The summed E-state index contributed by atoms with van der Waals surface area (Å²) in [6.07, 6.45) is 1.97. The van der Waals surface area contributed by atoms with Crippen molar-refractivity contribution < 1.29 is 9.90 Å². The fourth-order valence-corrected chi connectivity index (χ4v) is 1.81. The van der Waals surface area contributed by atoms with Gasteiger partial charge in [0.05, 0.1) is 5.56 Å². The highest BCUT2D eigenvalue weighted by molar-refractivity contribution is 5.88. The van der Waals surface area contributed by atoms with Gasteiger partial charge in [-0.05, 0) is 25.0 Å². The third-order valence-corrected chi connectivity index (χ3v) is 3.18. The average Bonchev–Trinajstić information content (AvgIpc) is 2.34. The molecule has 0 bridgehead atoms. The predicted octanol–water partition coefficient (Wildman–Crippen LogP) is 3.68. The number of carbonyl (C=O) groups is 1. The summed E-state index contributed by atoms with van der Waals surface area (Å²) in [6.45, 7) is 10.3. The van der Waals surface area contributed by atoms with Crippen molar-refractivity contribution in [3.63, 3.8) is 0 Å². The van der Waals surface area contributed by atoms with Gasteiger partial charge in [0.1, 0.15) is 5.82 Å². The number of anilines is 1. The van der Waals surface area contributed by atoms with Gasteiger partial charge in [-0.15, -0.1) is 0 Å². The quantitative estimate of drug-likeness (QED) is 0.851. The molecule has 0 radical (unpaired) electrons. The van der Waals surface area contributed by atoms with Crippen molar-refractivity contribution in [2.24, 2.45) is 0 Å². The zero-order chi connectivity index (χ0) is 14.6. The maximum Gasteiger partial charge on any atom is 0.335 e. The molecule has 0 aliphatic rings. The topological polar surface area (TPSA) is 62.2 Å². The molecule has 1 heterocycles. The zero-order valence-corrected chi connectivity index (χ0v) is 12.4. The van der Waals surface area contributed by atoms with Crippen LogP contribution in [0, 0.1) is 0 Å². The van der Waals surface area contributed by atoms with E-state index in [9.17, 15) is 9.90 Å². The third-order valence-electron chi connectivity index (χ3n) is 3.18. The van der Waals surface area contributed by atoms with E-state index in [1.165, 1.54) is 0 Å². The van der Waals surface area contributed by atoms with Gasteiger partial charge in [0, 0.05) is 17.2 Å². The van der Waals surface area contributed by atoms with Crippen LogP contribution in [0.2, 0.25) is 0 Å². The molecule has 2 N–H and O–H groups in total. The lowest BCUT2D eigenvalue weighted by Gasteiger charge is -2.21. The van der Waals surface area contributed by atoms with E-state index in [1.54, 1.807) is 12.1 Å². The number of carboxylic acid groups (broad SMARTS) is 1. The number of hydrogen-bond acceptors (Lipinski definition) is 3. The molecule has 0 atom stereocenters. The lowest BCUT2D eigenvalue weighted by atomic mass is 9.90. The lowest BCUT2D eigenvalue weighted by molar-refractivity contribution is 0.0696. The van der Waals surface area contributed by atoms with Crippen LogP contribution in [0.5, 0.6) is 0 Å². The van der Waals surface area contributed by atoms with Gasteiger partial charge in [0.15, 0.2) is 0 Å². The van der Waals surface area contributed by atoms with Gasteiger partial charge in [-0.3, -0.25) is 0 Å².